The predicted octanol–water partition coefficient (Wildman–Crippen LogP) is -2.44. The van der Waals surface area contributed by atoms with Crippen molar-refractivity contribution in [2.75, 3.05) is 13.7 Å². The molecule has 0 aromatic heterocycles. The summed E-state index contributed by atoms with van der Waals surface area (Å²) in [5, 5.41) is 24.9. The number of aliphatic hydroxyl groups excluding tert-OH is 1. The number of carbonyl (C=O) groups is 1. The third kappa shape index (κ3) is 3.42. The van der Waals surface area contributed by atoms with Gasteiger partial charge in [-0.1, -0.05) is 0 Å². The number of amides is 1. The number of nitrogens with two attached hydrogens (primary N) is 2. The van der Waals surface area contributed by atoms with Crippen molar-refractivity contribution in [3.05, 3.63) is 0 Å². The molecule has 9 N–H and O–H groups in total. The Morgan fingerprint density at radius 1 is 1.48 bits per heavy atom. The van der Waals surface area contributed by atoms with Gasteiger partial charge < -0.3 is 26.6 Å². The van der Waals surface area contributed by atoms with Gasteiger partial charge in [-0.15, -0.1) is 10.6 Å². The highest BCUT2D eigenvalue weighted by molar-refractivity contribution is 5.91. The molecule has 0 saturated heterocycles. The van der Waals surface area contributed by atoms with E-state index >= 15 is 0 Å². The van der Waals surface area contributed by atoms with E-state index in [0.717, 1.165) is 6.42 Å². The molecule has 0 bridgehead atoms. The third-order valence-electron chi connectivity index (χ3n) is 6.28. The Hall–Kier alpha value is -2.11. The number of nitrogens with one attached hydrogen (secondary N) is 3. The van der Waals surface area contributed by atoms with Gasteiger partial charge in [0.05, 0.1) is 6.04 Å². The van der Waals surface area contributed by atoms with Crippen LogP contribution in [0.3, 0.4) is 0 Å². The summed E-state index contributed by atoms with van der Waals surface area (Å²) in [4.78, 5) is 18.3. The first-order chi connectivity index (χ1) is 12.8. The first-order valence-electron chi connectivity index (χ1n) is 9.29. The number of carbonyl (C=O) groups excluding carboxylic acids is 1. The van der Waals surface area contributed by atoms with Gasteiger partial charge in [0.25, 0.3) is 0 Å². The third-order valence-corrected chi connectivity index (χ3v) is 6.28. The molecule has 0 aromatic carbocycles. The fraction of sp³-hybridized carbons (Fsp3) is 0.812. The molecule has 0 radical (unpaired) electrons. The maximum Gasteiger partial charge on any atom is 0.219 e. The van der Waals surface area contributed by atoms with Crippen molar-refractivity contribution >= 4 is 17.7 Å². The number of aliphatic hydroxyl groups is 2. The molecule has 1 heterocycles. The monoisotopic (exact) mass is 382 g/mol. The minimum atomic E-state index is -1.24. The van der Waals surface area contributed by atoms with Crippen LogP contribution in [0, 0.1) is 17.8 Å². The molecule has 1 aliphatic heterocycles. The van der Waals surface area contributed by atoms with Gasteiger partial charge >= 0.3 is 0 Å². The number of aliphatic imine (C=N–C) groups is 1. The molecule has 0 aromatic rings. The highest BCUT2D eigenvalue weighted by Gasteiger charge is 2.64. The highest BCUT2D eigenvalue weighted by Crippen LogP contribution is 2.55. The molecule has 11 nitrogen and oxygen atoms in total. The van der Waals surface area contributed by atoms with E-state index < -0.39 is 5.60 Å². The lowest BCUT2D eigenvalue weighted by Gasteiger charge is -2.34. The van der Waals surface area contributed by atoms with Gasteiger partial charge in [0, 0.05) is 44.9 Å². The van der Waals surface area contributed by atoms with Crippen molar-refractivity contribution in [3.8, 4) is 0 Å². The van der Waals surface area contributed by atoms with Crippen molar-refractivity contribution < 1.29 is 15.0 Å². The fourth-order valence-corrected chi connectivity index (χ4v) is 5.22. The smallest absolute Gasteiger partial charge is 0.219 e. The van der Waals surface area contributed by atoms with Crippen LogP contribution in [0.25, 0.3) is 0 Å². The number of hydrazone groups is 1. The van der Waals surface area contributed by atoms with Crippen molar-refractivity contribution in [1.82, 2.24) is 21.4 Å². The van der Waals surface area contributed by atoms with E-state index in [2.05, 4.69) is 26.6 Å². The lowest BCUT2D eigenvalue weighted by molar-refractivity contribution is -0.131. The van der Waals surface area contributed by atoms with Crippen LogP contribution >= 0.6 is 0 Å². The van der Waals surface area contributed by atoms with E-state index in [1.165, 1.54) is 6.92 Å². The zero-order valence-electron chi connectivity index (χ0n) is 15.7. The molecule has 2 fully saturated rings. The Balaban J connectivity index is 2.00. The van der Waals surface area contributed by atoms with Crippen LogP contribution in [0.1, 0.15) is 32.6 Å². The number of hydrogen-bond acceptors (Lipinski definition) is 8. The van der Waals surface area contributed by atoms with E-state index in [9.17, 15) is 15.0 Å². The Morgan fingerprint density at radius 3 is 2.78 bits per heavy atom. The van der Waals surface area contributed by atoms with Crippen LogP contribution < -0.4 is 28.0 Å². The molecule has 6 unspecified atom stereocenters. The van der Waals surface area contributed by atoms with Gasteiger partial charge in [0.2, 0.25) is 5.91 Å². The average Bonchev–Trinajstić information content (AvgIpc) is 3.30. The summed E-state index contributed by atoms with van der Waals surface area (Å²) in [5.41, 5.74) is 18.2. The number of nitrogens with zero attached hydrogens (tertiary/aromatic N) is 3. The first-order valence-corrected chi connectivity index (χ1v) is 9.29. The summed E-state index contributed by atoms with van der Waals surface area (Å²) in [6.07, 6.45) is 2.40. The van der Waals surface area contributed by atoms with Crippen LogP contribution in [0.2, 0.25) is 0 Å². The second-order valence-corrected chi connectivity index (χ2v) is 7.74. The van der Waals surface area contributed by atoms with Gasteiger partial charge in [-0.05, 0) is 25.2 Å². The van der Waals surface area contributed by atoms with Crippen LogP contribution in [-0.2, 0) is 4.79 Å². The van der Waals surface area contributed by atoms with Crippen LogP contribution in [0.15, 0.2) is 10.1 Å². The second kappa shape index (κ2) is 7.49. The zero-order chi connectivity index (χ0) is 19.8. The Labute approximate surface area is 158 Å². The summed E-state index contributed by atoms with van der Waals surface area (Å²) in [6, 6.07) is -0.454. The molecular weight excluding hydrogens is 352 g/mol. The number of hydrazine groups is 2. The van der Waals surface area contributed by atoms with Crippen molar-refractivity contribution in [2.45, 2.75) is 50.3 Å². The Kier molecular flexibility index (Phi) is 5.45. The number of amidine groups is 1. The minimum Gasteiger partial charge on any atom is -0.396 e. The molecule has 0 spiro atoms. The van der Waals surface area contributed by atoms with Gasteiger partial charge in [-0.2, -0.15) is 0 Å². The Bertz CT molecular complexity index is 637. The molecule has 152 valence electrons. The number of fused-ring (bicyclic) bond motifs is 1. The molecule has 2 saturated carbocycles. The van der Waals surface area contributed by atoms with Gasteiger partial charge in [0.1, 0.15) is 5.60 Å². The maximum atomic E-state index is 12.2. The Morgan fingerprint density at radius 2 is 2.22 bits per heavy atom. The summed E-state index contributed by atoms with van der Waals surface area (Å²) in [5.74, 6) is 0.163. The number of hydrogen-bond donors (Lipinski definition) is 7. The maximum absolute atomic E-state index is 12.2. The van der Waals surface area contributed by atoms with E-state index in [0.29, 0.717) is 25.1 Å². The van der Waals surface area contributed by atoms with Gasteiger partial charge in [0.15, 0.2) is 11.8 Å². The van der Waals surface area contributed by atoms with Crippen molar-refractivity contribution in [1.29, 1.82) is 0 Å². The summed E-state index contributed by atoms with van der Waals surface area (Å²) < 4.78 is 0. The van der Waals surface area contributed by atoms with E-state index in [1.54, 1.807) is 11.9 Å². The fourth-order valence-electron chi connectivity index (χ4n) is 5.22. The molecule has 3 aliphatic rings. The van der Waals surface area contributed by atoms with E-state index in [1.807, 2.05) is 0 Å². The van der Waals surface area contributed by atoms with E-state index in [-0.39, 0.29) is 48.3 Å². The van der Waals surface area contributed by atoms with Crippen LogP contribution in [0.5, 0.6) is 0 Å². The quantitative estimate of drug-likeness (QED) is 0.196. The summed E-state index contributed by atoms with van der Waals surface area (Å²) in [6.45, 7) is 1.62. The highest BCUT2D eigenvalue weighted by atomic mass is 16.3. The largest absolute Gasteiger partial charge is 0.396 e. The average molecular weight is 382 g/mol. The topological polar surface area (TPSA) is 174 Å². The van der Waals surface area contributed by atoms with Crippen molar-refractivity contribution in [3.63, 3.8) is 0 Å². The lowest BCUT2D eigenvalue weighted by atomic mass is 9.85. The molecular formula is C16H30N8O3. The van der Waals surface area contributed by atoms with E-state index in [4.69, 9.17) is 11.5 Å². The molecule has 1 amide bonds. The number of rotatable bonds is 6. The molecule has 27 heavy (non-hydrogen) atoms. The molecule has 11 heteroatoms. The van der Waals surface area contributed by atoms with Crippen LogP contribution in [0.4, 0.5) is 0 Å². The predicted molar refractivity (Wildman–Crippen MR) is 99.6 cm³/mol. The van der Waals surface area contributed by atoms with Gasteiger partial charge in [-0.25, -0.2) is 10.5 Å². The number of guanidine groups is 1. The lowest BCUT2D eigenvalue weighted by Crippen LogP contribution is -2.51. The summed E-state index contributed by atoms with van der Waals surface area (Å²) in [7, 11) is 1.78. The first kappa shape index (κ1) is 19.6. The zero-order valence-corrected chi connectivity index (χ0v) is 15.7. The standard InChI is InChI=1S/C16H30N8O3/c1-8(26)24(2)13-9(4-3-5-25)6-10-12(13)11(19-15(17)18)7-16(10,27)14-20-22-23-21-14/h9-13,22-23,25,27H,3-7H2,1-2H3,(H,20,21)(H4,17,18,19). The summed E-state index contributed by atoms with van der Waals surface area (Å²) >= 11 is 0. The molecule has 3 rings (SSSR count). The normalized spacial score (nSPS) is 37.2. The van der Waals surface area contributed by atoms with Gasteiger partial charge in [-0.3, -0.25) is 10.2 Å². The second-order valence-electron chi connectivity index (χ2n) is 7.74. The molecule has 6 atom stereocenters. The van der Waals surface area contributed by atoms with Crippen molar-refractivity contribution in [2.24, 2.45) is 39.3 Å². The molecule has 2 aliphatic carbocycles. The SMILES string of the molecule is CC(=O)N(C)C1C(CCCO)CC2C1C(N=C(N)N)CC2(O)C1=NNNN1. The minimum absolute atomic E-state index is 0.0383. The van der Waals surface area contributed by atoms with Crippen LogP contribution in [-0.4, -0.2) is 64.2 Å².